The van der Waals surface area contributed by atoms with Crippen LogP contribution in [0.2, 0.25) is 0 Å². The minimum atomic E-state index is -1.06. The molecule has 0 aromatic carbocycles. The van der Waals surface area contributed by atoms with Gasteiger partial charge in [0.1, 0.15) is 22.6 Å². The van der Waals surface area contributed by atoms with Crippen molar-refractivity contribution in [1.29, 1.82) is 0 Å². The van der Waals surface area contributed by atoms with E-state index in [1.807, 2.05) is 25.7 Å². The van der Waals surface area contributed by atoms with Gasteiger partial charge in [-0.05, 0) is 59.6 Å². The standard InChI is InChI=1S/C21H29N3O4/c1-6-27-19-16(8-7-11-22-19)20(25)24-12-15(10-9-13(24)2)18-23-17(14(3)28-18)21(4,5)26/h7-8,11,13,15,26H,6,9-10,12H2,1-5H3/t13-,15-/m1/s1. The smallest absolute Gasteiger partial charge is 0.259 e. The number of likely N-dealkylation sites (tertiary alicyclic amines) is 1. The zero-order chi connectivity index (χ0) is 20.5. The van der Waals surface area contributed by atoms with Crippen LogP contribution >= 0.6 is 0 Å². The Morgan fingerprint density at radius 3 is 2.82 bits per heavy atom. The van der Waals surface area contributed by atoms with E-state index in [4.69, 9.17) is 9.15 Å². The first-order valence-corrected chi connectivity index (χ1v) is 9.81. The molecule has 2 aromatic rings. The third-order valence-corrected chi connectivity index (χ3v) is 5.17. The van der Waals surface area contributed by atoms with Gasteiger partial charge in [0.2, 0.25) is 5.88 Å². The molecule has 2 atom stereocenters. The Bertz CT molecular complexity index is 840. The summed E-state index contributed by atoms with van der Waals surface area (Å²) in [6, 6.07) is 3.59. The second-order valence-electron chi connectivity index (χ2n) is 7.89. The highest BCUT2D eigenvalue weighted by molar-refractivity contribution is 5.96. The maximum absolute atomic E-state index is 13.2. The van der Waals surface area contributed by atoms with Crippen molar-refractivity contribution in [1.82, 2.24) is 14.9 Å². The lowest BCUT2D eigenvalue weighted by Crippen LogP contribution is -2.45. The van der Waals surface area contributed by atoms with E-state index >= 15 is 0 Å². The van der Waals surface area contributed by atoms with E-state index in [0.717, 1.165) is 12.8 Å². The average molecular weight is 387 g/mol. The highest BCUT2D eigenvalue weighted by Crippen LogP contribution is 2.34. The molecule has 3 heterocycles. The Hall–Kier alpha value is -2.41. The maximum atomic E-state index is 13.2. The number of nitrogens with zero attached hydrogens (tertiary/aromatic N) is 3. The summed E-state index contributed by atoms with van der Waals surface area (Å²) in [5.74, 6) is 1.45. The molecule has 0 radical (unpaired) electrons. The van der Waals surface area contributed by atoms with E-state index in [9.17, 15) is 9.90 Å². The van der Waals surface area contributed by atoms with Gasteiger partial charge in [-0.1, -0.05) is 0 Å². The SMILES string of the molecule is CCOc1ncccc1C(=O)N1C[C@H](c2nc(C(C)(C)O)c(C)o2)CC[C@H]1C. The summed E-state index contributed by atoms with van der Waals surface area (Å²) >= 11 is 0. The van der Waals surface area contributed by atoms with Gasteiger partial charge in [-0.25, -0.2) is 9.97 Å². The van der Waals surface area contributed by atoms with Gasteiger partial charge >= 0.3 is 0 Å². The number of oxazole rings is 1. The molecule has 7 heteroatoms. The number of amides is 1. The van der Waals surface area contributed by atoms with Gasteiger partial charge in [0.25, 0.3) is 5.91 Å². The Balaban J connectivity index is 1.85. The second-order valence-corrected chi connectivity index (χ2v) is 7.89. The lowest BCUT2D eigenvalue weighted by molar-refractivity contribution is 0.0590. The number of aromatic nitrogens is 2. The molecule has 1 aliphatic rings. The van der Waals surface area contributed by atoms with E-state index in [1.54, 1.807) is 32.2 Å². The lowest BCUT2D eigenvalue weighted by Gasteiger charge is -2.37. The van der Waals surface area contributed by atoms with E-state index in [2.05, 4.69) is 9.97 Å². The summed E-state index contributed by atoms with van der Waals surface area (Å²) in [6.07, 6.45) is 3.35. The van der Waals surface area contributed by atoms with Crippen molar-refractivity contribution in [3.63, 3.8) is 0 Å². The van der Waals surface area contributed by atoms with Crippen LogP contribution in [0.4, 0.5) is 0 Å². The van der Waals surface area contributed by atoms with E-state index in [0.29, 0.717) is 41.9 Å². The van der Waals surface area contributed by atoms with Crippen LogP contribution in [0.25, 0.3) is 0 Å². The number of hydrogen-bond acceptors (Lipinski definition) is 6. The van der Waals surface area contributed by atoms with Crippen molar-refractivity contribution < 1.29 is 19.1 Å². The van der Waals surface area contributed by atoms with Gasteiger partial charge in [-0.2, -0.15) is 0 Å². The number of aryl methyl sites for hydroxylation is 1. The molecule has 1 aliphatic heterocycles. The molecule has 0 spiro atoms. The topological polar surface area (TPSA) is 88.7 Å². The summed E-state index contributed by atoms with van der Waals surface area (Å²) in [4.78, 5) is 23.8. The molecule has 1 N–H and O–H groups in total. The third-order valence-electron chi connectivity index (χ3n) is 5.17. The molecule has 0 aliphatic carbocycles. The third kappa shape index (κ3) is 4.04. The summed E-state index contributed by atoms with van der Waals surface area (Å²) in [6.45, 7) is 10.1. The number of ether oxygens (including phenoxy) is 1. The molecule has 152 valence electrons. The van der Waals surface area contributed by atoms with Gasteiger partial charge in [-0.3, -0.25) is 4.79 Å². The fourth-order valence-corrected chi connectivity index (χ4v) is 3.71. The Kier molecular flexibility index (Phi) is 5.74. The van der Waals surface area contributed by atoms with Crippen LogP contribution in [0.15, 0.2) is 22.7 Å². The number of rotatable bonds is 5. The van der Waals surface area contributed by atoms with Crippen molar-refractivity contribution in [2.75, 3.05) is 13.2 Å². The molecular formula is C21H29N3O4. The number of carbonyl (C=O) groups is 1. The van der Waals surface area contributed by atoms with Crippen molar-refractivity contribution >= 4 is 5.91 Å². The molecule has 0 bridgehead atoms. The molecule has 3 rings (SSSR count). The van der Waals surface area contributed by atoms with E-state index in [1.165, 1.54) is 0 Å². The largest absolute Gasteiger partial charge is 0.477 e. The van der Waals surface area contributed by atoms with Crippen LogP contribution in [0.5, 0.6) is 5.88 Å². The fourth-order valence-electron chi connectivity index (χ4n) is 3.71. The maximum Gasteiger partial charge on any atom is 0.259 e. The number of piperidine rings is 1. The summed E-state index contributed by atoms with van der Waals surface area (Å²) in [7, 11) is 0. The molecule has 7 nitrogen and oxygen atoms in total. The van der Waals surface area contributed by atoms with Gasteiger partial charge < -0.3 is 19.2 Å². The predicted molar refractivity (Wildman–Crippen MR) is 104 cm³/mol. The van der Waals surface area contributed by atoms with E-state index < -0.39 is 5.60 Å². The minimum absolute atomic E-state index is 0.0119. The van der Waals surface area contributed by atoms with Crippen LogP contribution in [0, 0.1) is 6.92 Å². The molecule has 1 fully saturated rings. The molecule has 0 saturated carbocycles. The normalized spacial score (nSPS) is 20.3. The van der Waals surface area contributed by atoms with Crippen molar-refractivity contribution in [2.45, 2.75) is 65.0 Å². The Morgan fingerprint density at radius 1 is 1.43 bits per heavy atom. The average Bonchev–Trinajstić information content (AvgIpc) is 3.04. The lowest BCUT2D eigenvalue weighted by atomic mass is 9.92. The quantitative estimate of drug-likeness (QED) is 0.846. The van der Waals surface area contributed by atoms with Gasteiger partial charge in [0, 0.05) is 18.8 Å². The zero-order valence-electron chi connectivity index (χ0n) is 17.2. The van der Waals surface area contributed by atoms with Crippen LogP contribution in [0.1, 0.15) is 74.2 Å². The van der Waals surface area contributed by atoms with Gasteiger partial charge in [-0.15, -0.1) is 0 Å². The number of hydrogen-bond donors (Lipinski definition) is 1. The first kappa shape index (κ1) is 20.3. The number of carbonyl (C=O) groups excluding carboxylic acids is 1. The highest BCUT2D eigenvalue weighted by atomic mass is 16.5. The first-order chi connectivity index (χ1) is 13.2. The van der Waals surface area contributed by atoms with Gasteiger partial charge in [0.05, 0.1) is 12.5 Å². The first-order valence-electron chi connectivity index (χ1n) is 9.81. The van der Waals surface area contributed by atoms with Gasteiger partial charge in [0.15, 0.2) is 5.89 Å². The predicted octanol–water partition coefficient (Wildman–Crippen LogP) is 3.41. The summed E-state index contributed by atoms with van der Waals surface area (Å²) in [5, 5.41) is 10.3. The van der Waals surface area contributed by atoms with Crippen LogP contribution < -0.4 is 4.74 Å². The summed E-state index contributed by atoms with van der Waals surface area (Å²) in [5.41, 5.74) is -0.0479. The number of aliphatic hydroxyl groups is 1. The number of pyridine rings is 1. The zero-order valence-corrected chi connectivity index (χ0v) is 17.2. The van der Waals surface area contributed by atoms with Crippen molar-refractivity contribution in [2.24, 2.45) is 0 Å². The monoisotopic (exact) mass is 387 g/mol. The van der Waals surface area contributed by atoms with Crippen LogP contribution in [-0.2, 0) is 5.60 Å². The fraction of sp³-hybridized carbons (Fsp3) is 0.571. The molecular weight excluding hydrogens is 358 g/mol. The Morgan fingerprint density at radius 2 is 2.18 bits per heavy atom. The van der Waals surface area contributed by atoms with Crippen LogP contribution in [-0.4, -0.2) is 45.1 Å². The Labute approximate surface area is 165 Å². The molecule has 0 unspecified atom stereocenters. The van der Waals surface area contributed by atoms with Crippen LogP contribution in [0.3, 0.4) is 0 Å². The molecule has 2 aromatic heterocycles. The second kappa shape index (κ2) is 7.91. The summed E-state index contributed by atoms with van der Waals surface area (Å²) < 4.78 is 11.4. The van der Waals surface area contributed by atoms with Crippen molar-refractivity contribution in [3.05, 3.63) is 41.2 Å². The molecule has 1 saturated heterocycles. The molecule has 28 heavy (non-hydrogen) atoms. The minimum Gasteiger partial charge on any atom is -0.477 e. The van der Waals surface area contributed by atoms with Crippen molar-refractivity contribution in [3.8, 4) is 5.88 Å². The molecule has 1 amide bonds. The highest BCUT2D eigenvalue weighted by Gasteiger charge is 2.35. The van der Waals surface area contributed by atoms with E-state index in [-0.39, 0.29) is 17.9 Å².